The monoisotopic (exact) mass is 713 g/mol. The van der Waals surface area contributed by atoms with E-state index in [1.807, 2.05) is 42.5 Å². The zero-order valence-electron chi connectivity index (χ0n) is 27.7. The molecule has 1 amide bonds. The molecule has 1 aliphatic carbocycles. The van der Waals surface area contributed by atoms with Gasteiger partial charge in [-0.15, -0.1) is 11.3 Å². The minimum Gasteiger partial charge on any atom is -0.481 e. The number of anilines is 2. The zero-order valence-corrected chi connectivity index (χ0v) is 29.2. The Morgan fingerprint density at radius 2 is 1.90 bits per heavy atom. The van der Waals surface area contributed by atoms with E-state index in [4.69, 9.17) is 26.0 Å². The quantitative estimate of drug-likeness (QED) is 0.118. The number of benzene rings is 2. The summed E-state index contributed by atoms with van der Waals surface area (Å²) in [5.74, 6) is 0.955. The number of oxazole rings is 1. The molecule has 3 aromatic heterocycles. The van der Waals surface area contributed by atoms with Gasteiger partial charge in [-0.25, -0.2) is 15.0 Å². The van der Waals surface area contributed by atoms with Crippen molar-refractivity contribution in [3.8, 4) is 11.1 Å². The van der Waals surface area contributed by atoms with Gasteiger partial charge in [-0.2, -0.15) is 0 Å². The third kappa shape index (κ3) is 7.07. The van der Waals surface area contributed by atoms with Crippen LogP contribution in [0.5, 0.6) is 0 Å². The highest BCUT2D eigenvalue weighted by atomic mass is 35.5. The fraction of sp³-hybridized carbons (Fsp3) is 0.432. The van der Waals surface area contributed by atoms with Gasteiger partial charge in [0, 0.05) is 49.3 Å². The highest BCUT2D eigenvalue weighted by molar-refractivity contribution is 7.18. The number of aliphatic carboxylic acids is 1. The lowest BCUT2D eigenvalue weighted by molar-refractivity contribution is -0.142. The van der Waals surface area contributed by atoms with Crippen molar-refractivity contribution in [2.24, 2.45) is 5.92 Å². The number of carboxylic acid groups (broad SMARTS) is 1. The molecule has 13 heteroatoms. The van der Waals surface area contributed by atoms with Crippen LogP contribution in [0.4, 0.5) is 11.5 Å². The predicted octanol–water partition coefficient (Wildman–Crippen LogP) is 7.09. The molecule has 0 bridgehead atoms. The molecule has 5 heterocycles. The first-order valence-electron chi connectivity index (χ1n) is 17.5. The number of likely N-dealkylation sites (tertiary alicyclic amines) is 1. The largest absolute Gasteiger partial charge is 0.481 e. The molecule has 3 aliphatic rings. The molecule has 5 aromatic rings. The minimum atomic E-state index is -0.686. The summed E-state index contributed by atoms with van der Waals surface area (Å²) in [6, 6.07) is 14.5. The maximum atomic E-state index is 11.6. The Morgan fingerprint density at radius 1 is 1.06 bits per heavy atom. The summed E-state index contributed by atoms with van der Waals surface area (Å²) in [6.45, 7) is 3.48. The molecule has 3 fully saturated rings. The maximum Gasteiger partial charge on any atom is 0.306 e. The summed E-state index contributed by atoms with van der Waals surface area (Å²) in [7, 11) is 0. The molecule has 0 radical (unpaired) electrons. The van der Waals surface area contributed by atoms with Crippen molar-refractivity contribution in [2.45, 2.75) is 75.9 Å². The van der Waals surface area contributed by atoms with Gasteiger partial charge in [0.2, 0.25) is 5.91 Å². The predicted molar refractivity (Wildman–Crippen MR) is 195 cm³/mol. The van der Waals surface area contributed by atoms with Gasteiger partial charge in [0.15, 0.2) is 17.3 Å². The highest BCUT2D eigenvalue weighted by Crippen LogP contribution is 2.38. The summed E-state index contributed by atoms with van der Waals surface area (Å²) < 4.78 is 7.28. The Balaban J connectivity index is 0.936. The van der Waals surface area contributed by atoms with Gasteiger partial charge in [-0.05, 0) is 87.9 Å². The lowest BCUT2D eigenvalue weighted by Gasteiger charge is -2.32. The number of rotatable bonds is 10. The van der Waals surface area contributed by atoms with Crippen molar-refractivity contribution < 1.29 is 19.1 Å². The molecule has 260 valence electrons. The zero-order chi connectivity index (χ0) is 34.2. The number of hydrogen-bond donors (Lipinski definition) is 4. The number of piperidine rings is 1. The average molecular weight is 714 g/mol. The van der Waals surface area contributed by atoms with Crippen molar-refractivity contribution in [3.05, 3.63) is 64.6 Å². The molecule has 2 saturated heterocycles. The molecule has 1 atom stereocenters. The van der Waals surface area contributed by atoms with Gasteiger partial charge >= 0.3 is 5.97 Å². The SMILES string of the molecule is O=C1CC[C@@H](CN2CCC(c3nc4cc(-c5cccc(Nc6nccc7sc(CNC8CCC(C(=O)O)CC8)nc67)c5Cl)ccc4o3)CC2)N1. The third-order valence-electron chi connectivity index (χ3n) is 10.4. The fourth-order valence-corrected chi connectivity index (χ4v) is 8.80. The van der Waals surface area contributed by atoms with Crippen molar-refractivity contribution >= 4 is 67.6 Å². The number of aromatic nitrogens is 3. The number of amides is 1. The van der Waals surface area contributed by atoms with E-state index in [0.717, 1.165) is 101 Å². The van der Waals surface area contributed by atoms with Crippen LogP contribution in [0.3, 0.4) is 0 Å². The van der Waals surface area contributed by atoms with Crippen LogP contribution in [-0.2, 0) is 16.1 Å². The van der Waals surface area contributed by atoms with E-state index in [-0.39, 0.29) is 23.8 Å². The van der Waals surface area contributed by atoms with Crippen molar-refractivity contribution in [3.63, 3.8) is 0 Å². The molecule has 2 aromatic carbocycles. The smallest absolute Gasteiger partial charge is 0.306 e. The summed E-state index contributed by atoms with van der Waals surface area (Å²) in [5.41, 5.74) is 4.93. The number of fused-ring (bicyclic) bond motifs is 2. The van der Waals surface area contributed by atoms with Crippen molar-refractivity contribution in [2.75, 3.05) is 25.0 Å². The molecule has 11 nitrogen and oxygen atoms in total. The first kappa shape index (κ1) is 33.1. The summed E-state index contributed by atoms with van der Waals surface area (Å²) >= 11 is 8.68. The Morgan fingerprint density at radius 3 is 2.68 bits per heavy atom. The van der Waals surface area contributed by atoms with Crippen LogP contribution in [0, 0.1) is 5.92 Å². The minimum absolute atomic E-state index is 0.166. The second-order valence-electron chi connectivity index (χ2n) is 13.8. The van der Waals surface area contributed by atoms with E-state index in [0.29, 0.717) is 42.7 Å². The lowest BCUT2D eigenvalue weighted by atomic mass is 9.86. The topological polar surface area (TPSA) is 146 Å². The summed E-state index contributed by atoms with van der Waals surface area (Å²) in [5, 5.41) is 20.9. The molecule has 50 heavy (non-hydrogen) atoms. The molecule has 2 aliphatic heterocycles. The standard InChI is InChI=1S/C37H40ClN7O4S/c38-33-26(23-6-10-29-28(18-23)43-36(49-29)21-13-16-45(17-14-21)20-25-9-11-31(46)41-25)2-1-3-27(33)42-35-34-30(12-15-39-35)50-32(44-34)19-40-24-7-4-22(5-8-24)37(47)48/h1-3,6,10,12,15,18,21-22,24-25,40H,4-5,7-9,11,13-14,16-17,19-20H2,(H,39,42)(H,41,46)(H,47,48)/t22?,24?,25-/m0/s1. The van der Waals surface area contributed by atoms with E-state index in [2.05, 4.69) is 25.8 Å². The first-order chi connectivity index (χ1) is 24.4. The van der Waals surface area contributed by atoms with E-state index in [9.17, 15) is 14.7 Å². The Bertz CT molecular complexity index is 2030. The van der Waals surface area contributed by atoms with Gasteiger partial charge in [0.05, 0.1) is 21.3 Å². The van der Waals surface area contributed by atoms with Crippen LogP contribution < -0.4 is 16.0 Å². The number of halogens is 1. The molecule has 8 rings (SSSR count). The van der Waals surface area contributed by atoms with Crippen molar-refractivity contribution in [1.82, 2.24) is 30.5 Å². The average Bonchev–Trinajstić information content (AvgIpc) is 3.87. The summed E-state index contributed by atoms with van der Waals surface area (Å²) in [4.78, 5) is 39.8. The molecule has 4 N–H and O–H groups in total. The van der Waals surface area contributed by atoms with E-state index in [1.54, 1.807) is 17.5 Å². The number of carbonyl (C=O) groups is 2. The van der Waals surface area contributed by atoms with Gasteiger partial charge < -0.3 is 30.4 Å². The molecule has 0 unspecified atom stereocenters. The second-order valence-corrected chi connectivity index (χ2v) is 15.3. The Hall–Kier alpha value is -4.10. The van der Waals surface area contributed by atoms with Crippen LogP contribution >= 0.6 is 22.9 Å². The van der Waals surface area contributed by atoms with Gasteiger partial charge in [0.25, 0.3) is 0 Å². The van der Waals surface area contributed by atoms with Crippen LogP contribution in [0.2, 0.25) is 5.02 Å². The number of carbonyl (C=O) groups excluding carboxylic acids is 1. The molecular weight excluding hydrogens is 674 g/mol. The maximum absolute atomic E-state index is 11.6. The Labute approximate surface area is 298 Å². The third-order valence-corrected chi connectivity index (χ3v) is 11.9. The molecular formula is C37H40ClN7O4S. The number of nitrogens with one attached hydrogen (secondary N) is 3. The summed E-state index contributed by atoms with van der Waals surface area (Å²) in [6.07, 6.45) is 8.44. The number of pyridine rings is 1. The van der Waals surface area contributed by atoms with Crippen LogP contribution in [0.1, 0.15) is 68.2 Å². The van der Waals surface area contributed by atoms with Crippen molar-refractivity contribution in [1.29, 1.82) is 0 Å². The first-order valence-corrected chi connectivity index (χ1v) is 18.7. The fourth-order valence-electron chi connectivity index (χ4n) is 7.60. The highest BCUT2D eigenvalue weighted by Gasteiger charge is 2.29. The normalized spacial score (nSPS) is 21.9. The molecule has 0 spiro atoms. The number of hydrogen-bond acceptors (Lipinski definition) is 10. The van der Waals surface area contributed by atoms with E-state index < -0.39 is 5.97 Å². The van der Waals surface area contributed by atoms with E-state index >= 15 is 0 Å². The van der Waals surface area contributed by atoms with Gasteiger partial charge in [0.1, 0.15) is 16.0 Å². The number of nitrogens with zero attached hydrogens (tertiary/aromatic N) is 4. The van der Waals surface area contributed by atoms with Crippen LogP contribution in [-0.4, -0.2) is 68.6 Å². The lowest BCUT2D eigenvalue weighted by Crippen LogP contribution is -2.42. The van der Waals surface area contributed by atoms with Gasteiger partial charge in [-0.3, -0.25) is 9.59 Å². The Kier molecular flexibility index (Phi) is 9.43. The van der Waals surface area contributed by atoms with E-state index in [1.165, 1.54) is 0 Å². The molecule has 1 saturated carbocycles. The van der Waals surface area contributed by atoms with Gasteiger partial charge in [-0.1, -0.05) is 29.8 Å². The van der Waals surface area contributed by atoms with Crippen LogP contribution in [0.15, 0.2) is 53.1 Å². The number of thiazole rings is 1. The van der Waals surface area contributed by atoms with Crippen LogP contribution in [0.25, 0.3) is 32.4 Å². The second kappa shape index (κ2) is 14.3. The number of carboxylic acids is 1.